The summed E-state index contributed by atoms with van der Waals surface area (Å²) in [5, 5.41) is -0.249. The van der Waals surface area contributed by atoms with E-state index in [0.717, 1.165) is 5.56 Å². The minimum Gasteiger partial charge on any atom is -0.274 e. The van der Waals surface area contributed by atoms with Gasteiger partial charge in [-0.15, -0.1) is 0 Å². The monoisotopic (exact) mass is 166 g/mol. The van der Waals surface area contributed by atoms with E-state index in [2.05, 4.69) is 0 Å². The highest BCUT2D eigenvalue weighted by Gasteiger charge is 2.19. The van der Waals surface area contributed by atoms with Crippen molar-refractivity contribution < 1.29 is 4.57 Å². The molecular formula is C9H11OP. The Morgan fingerprint density at radius 1 is 1.18 bits per heavy atom. The molecule has 0 amide bonds. The lowest BCUT2D eigenvalue weighted by Gasteiger charge is -2.14. The Morgan fingerprint density at radius 2 is 1.73 bits per heavy atom. The lowest BCUT2D eigenvalue weighted by atomic mass is 10.0. The summed E-state index contributed by atoms with van der Waals surface area (Å²) in [5.74, 6) is 0. The van der Waals surface area contributed by atoms with Gasteiger partial charge in [0.2, 0.25) is 0 Å². The van der Waals surface area contributed by atoms with Crippen LogP contribution in [0.5, 0.6) is 0 Å². The van der Waals surface area contributed by atoms with Crippen LogP contribution in [0.25, 0.3) is 0 Å². The molecule has 2 heteroatoms. The van der Waals surface area contributed by atoms with Crippen molar-refractivity contribution in [2.75, 3.05) is 0 Å². The van der Waals surface area contributed by atoms with Gasteiger partial charge in [-0.25, -0.2) is 0 Å². The molecule has 1 aromatic carbocycles. The van der Waals surface area contributed by atoms with Crippen LogP contribution < -0.4 is 0 Å². The Labute approximate surface area is 68.6 Å². The largest absolute Gasteiger partial charge is 0.274 e. The molecule has 0 aliphatic heterocycles. The second kappa shape index (κ2) is 3.15. The van der Waals surface area contributed by atoms with Gasteiger partial charge in [0.05, 0.1) is 5.16 Å². The predicted octanol–water partition coefficient (Wildman–Crippen LogP) is 3.21. The van der Waals surface area contributed by atoms with E-state index in [9.17, 15) is 4.57 Å². The summed E-state index contributed by atoms with van der Waals surface area (Å²) in [6, 6.07) is 9.86. The number of hydrogen-bond donors (Lipinski definition) is 0. The van der Waals surface area contributed by atoms with Crippen LogP contribution in [0, 0.1) is 0 Å². The average Bonchev–Trinajstić information content (AvgIpc) is 2.06. The van der Waals surface area contributed by atoms with E-state index >= 15 is 0 Å². The van der Waals surface area contributed by atoms with Crippen LogP contribution in [0.4, 0.5) is 0 Å². The van der Waals surface area contributed by atoms with Gasteiger partial charge in [0.1, 0.15) is 0 Å². The van der Waals surface area contributed by atoms with Crippen LogP contribution in [0.15, 0.2) is 30.3 Å². The maximum absolute atomic E-state index is 10.7. The molecule has 1 rings (SSSR count). The van der Waals surface area contributed by atoms with Gasteiger partial charge in [0.25, 0.3) is 0 Å². The van der Waals surface area contributed by atoms with E-state index in [0.29, 0.717) is 0 Å². The third-order valence-corrected chi connectivity index (χ3v) is 2.42. The first-order chi connectivity index (χ1) is 5.17. The molecule has 58 valence electrons. The lowest BCUT2D eigenvalue weighted by molar-refractivity contribution is 0.576. The normalized spacial score (nSPS) is 11.8. The summed E-state index contributed by atoms with van der Waals surface area (Å²) in [6.45, 7) is 3.91. The first kappa shape index (κ1) is 8.42. The highest BCUT2D eigenvalue weighted by molar-refractivity contribution is 7.25. The first-order valence-corrected chi connectivity index (χ1v) is 4.38. The highest BCUT2D eigenvalue weighted by atomic mass is 31.1. The molecule has 0 bridgehead atoms. The van der Waals surface area contributed by atoms with Crippen LogP contribution in [0.1, 0.15) is 19.4 Å². The van der Waals surface area contributed by atoms with Gasteiger partial charge < -0.3 is 0 Å². The molecule has 0 saturated carbocycles. The van der Waals surface area contributed by atoms with Crippen molar-refractivity contribution in [3.05, 3.63) is 35.9 Å². The molecule has 1 nitrogen and oxygen atoms in total. The molecule has 0 aliphatic carbocycles. The molecule has 0 N–H and O–H groups in total. The van der Waals surface area contributed by atoms with E-state index in [4.69, 9.17) is 0 Å². The molecule has 0 fully saturated rings. The molecule has 11 heavy (non-hydrogen) atoms. The van der Waals surface area contributed by atoms with E-state index in [1.54, 1.807) is 0 Å². The standard InChI is InChI=1S/C9H11OP/c1-9(2,11-10)8-6-4-3-5-7-8/h3-7H,1-2H3. The van der Waals surface area contributed by atoms with Gasteiger partial charge >= 0.3 is 0 Å². The van der Waals surface area contributed by atoms with Crippen molar-refractivity contribution >= 4 is 8.46 Å². The molecule has 0 aliphatic rings. The third kappa shape index (κ3) is 1.87. The van der Waals surface area contributed by atoms with Crippen molar-refractivity contribution in [1.82, 2.24) is 0 Å². The summed E-state index contributed by atoms with van der Waals surface area (Å²) in [6.07, 6.45) is 0. The third-order valence-electron chi connectivity index (χ3n) is 1.71. The zero-order chi connectivity index (χ0) is 8.32. The van der Waals surface area contributed by atoms with Crippen molar-refractivity contribution in [1.29, 1.82) is 0 Å². The summed E-state index contributed by atoms with van der Waals surface area (Å²) in [7, 11) is 0.171. The SMILES string of the molecule is CC(C)(P=O)c1ccccc1. The van der Waals surface area contributed by atoms with Gasteiger partial charge in [0.15, 0.2) is 8.46 Å². The highest BCUT2D eigenvalue weighted by Crippen LogP contribution is 2.33. The minimum atomic E-state index is -0.249. The van der Waals surface area contributed by atoms with Crippen LogP contribution in [0.3, 0.4) is 0 Å². The van der Waals surface area contributed by atoms with Gasteiger partial charge in [-0.3, -0.25) is 4.57 Å². The van der Waals surface area contributed by atoms with E-state index < -0.39 is 0 Å². The lowest BCUT2D eigenvalue weighted by Crippen LogP contribution is -2.06. The van der Waals surface area contributed by atoms with E-state index in [-0.39, 0.29) is 13.6 Å². The van der Waals surface area contributed by atoms with Crippen LogP contribution in [-0.4, -0.2) is 0 Å². The Hall–Kier alpha value is -0.680. The number of rotatable bonds is 2. The zero-order valence-corrected chi connectivity index (χ0v) is 7.64. The van der Waals surface area contributed by atoms with Crippen LogP contribution >= 0.6 is 8.46 Å². The molecule has 0 unspecified atom stereocenters. The second-order valence-corrected chi connectivity index (χ2v) is 4.32. The minimum absolute atomic E-state index is 0.171. The summed E-state index contributed by atoms with van der Waals surface area (Å²) in [5.41, 5.74) is 1.11. The first-order valence-electron chi connectivity index (χ1n) is 3.57. The summed E-state index contributed by atoms with van der Waals surface area (Å²) < 4.78 is 10.7. The molecule has 0 spiro atoms. The van der Waals surface area contributed by atoms with Crippen molar-refractivity contribution in [2.45, 2.75) is 19.0 Å². The zero-order valence-electron chi connectivity index (χ0n) is 6.74. The fourth-order valence-electron chi connectivity index (χ4n) is 0.899. The molecular weight excluding hydrogens is 155 g/mol. The topological polar surface area (TPSA) is 17.1 Å². The van der Waals surface area contributed by atoms with Crippen LogP contribution in [-0.2, 0) is 9.72 Å². The maximum Gasteiger partial charge on any atom is 0.166 e. The average molecular weight is 166 g/mol. The van der Waals surface area contributed by atoms with Gasteiger partial charge in [-0.1, -0.05) is 30.3 Å². The second-order valence-electron chi connectivity index (χ2n) is 3.02. The predicted molar refractivity (Wildman–Crippen MR) is 47.1 cm³/mol. The molecule has 0 aromatic heterocycles. The molecule has 0 heterocycles. The van der Waals surface area contributed by atoms with Crippen molar-refractivity contribution in [3.8, 4) is 0 Å². The Bertz CT molecular complexity index is 241. The number of benzene rings is 1. The van der Waals surface area contributed by atoms with Crippen molar-refractivity contribution in [2.24, 2.45) is 0 Å². The van der Waals surface area contributed by atoms with E-state index in [1.165, 1.54) is 0 Å². The summed E-state index contributed by atoms with van der Waals surface area (Å²) >= 11 is 0. The van der Waals surface area contributed by atoms with E-state index in [1.807, 2.05) is 44.2 Å². The smallest absolute Gasteiger partial charge is 0.166 e. The Morgan fingerprint density at radius 3 is 2.18 bits per heavy atom. The van der Waals surface area contributed by atoms with Crippen molar-refractivity contribution in [3.63, 3.8) is 0 Å². The molecule has 0 saturated heterocycles. The molecule has 1 aromatic rings. The Balaban J connectivity index is 3.02. The Kier molecular flexibility index (Phi) is 2.41. The van der Waals surface area contributed by atoms with Gasteiger partial charge in [0, 0.05) is 0 Å². The summed E-state index contributed by atoms with van der Waals surface area (Å²) in [4.78, 5) is 0. The fraction of sp³-hybridized carbons (Fsp3) is 0.333. The molecule has 0 radical (unpaired) electrons. The maximum atomic E-state index is 10.7. The van der Waals surface area contributed by atoms with Gasteiger partial charge in [-0.2, -0.15) is 0 Å². The number of hydrogen-bond acceptors (Lipinski definition) is 1. The fourth-order valence-corrected chi connectivity index (χ4v) is 1.15. The molecule has 0 atom stereocenters. The quantitative estimate of drug-likeness (QED) is 0.616. The van der Waals surface area contributed by atoms with Gasteiger partial charge in [-0.05, 0) is 19.4 Å². The van der Waals surface area contributed by atoms with Crippen LogP contribution in [0.2, 0.25) is 0 Å².